The maximum atomic E-state index is 12.4. The summed E-state index contributed by atoms with van der Waals surface area (Å²) in [7, 11) is 0. The molecule has 2 saturated heterocycles. The van der Waals surface area contributed by atoms with Crippen molar-refractivity contribution in [3.8, 4) is 6.07 Å². The molecule has 0 saturated carbocycles. The van der Waals surface area contributed by atoms with Gasteiger partial charge in [0.25, 0.3) is 5.91 Å². The average molecular weight is 363 g/mol. The Morgan fingerprint density at radius 3 is 2.41 bits per heavy atom. The lowest BCUT2D eigenvalue weighted by atomic mass is 9.71. The zero-order valence-electron chi connectivity index (χ0n) is 15.6. The van der Waals surface area contributed by atoms with Gasteiger partial charge in [-0.3, -0.25) is 9.69 Å². The molecule has 140 valence electrons. The summed E-state index contributed by atoms with van der Waals surface area (Å²) in [6, 6.07) is 13.7. The molecule has 27 heavy (non-hydrogen) atoms. The van der Waals surface area contributed by atoms with E-state index in [1.54, 1.807) is 18.4 Å². The highest BCUT2D eigenvalue weighted by Gasteiger charge is 2.38. The standard InChI is InChI=1S/C22H25N3O2/c23-16-18-4-1-2-5-19(18)17-24-11-7-22(8-12-24)9-13-25(14-10-22)21(26)20-6-3-15-27-20/h1-6,15H,7-14,17H2. The van der Waals surface area contributed by atoms with Gasteiger partial charge in [0, 0.05) is 19.6 Å². The number of furan rings is 1. The quantitative estimate of drug-likeness (QED) is 0.835. The van der Waals surface area contributed by atoms with Crippen molar-refractivity contribution in [3.63, 3.8) is 0 Å². The third-order valence-electron chi connectivity index (χ3n) is 6.29. The fourth-order valence-electron chi connectivity index (χ4n) is 4.43. The molecule has 1 amide bonds. The predicted molar refractivity (Wildman–Crippen MR) is 102 cm³/mol. The summed E-state index contributed by atoms with van der Waals surface area (Å²) in [5.41, 5.74) is 2.27. The Morgan fingerprint density at radius 1 is 1.04 bits per heavy atom. The molecular weight excluding hydrogens is 338 g/mol. The van der Waals surface area contributed by atoms with Gasteiger partial charge in [-0.1, -0.05) is 18.2 Å². The molecule has 4 rings (SSSR count). The average Bonchev–Trinajstić information content (AvgIpc) is 3.25. The van der Waals surface area contributed by atoms with E-state index < -0.39 is 0 Å². The lowest BCUT2D eigenvalue weighted by Crippen LogP contribution is -2.48. The highest BCUT2D eigenvalue weighted by molar-refractivity contribution is 5.91. The molecule has 0 bridgehead atoms. The van der Waals surface area contributed by atoms with Crippen LogP contribution < -0.4 is 0 Å². The second-order valence-corrected chi connectivity index (χ2v) is 7.81. The van der Waals surface area contributed by atoms with Crippen molar-refractivity contribution in [3.05, 3.63) is 59.5 Å². The Bertz CT molecular complexity index is 819. The molecule has 2 aromatic rings. The van der Waals surface area contributed by atoms with Crippen LogP contribution in [0, 0.1) is 16.7 Å². The summed E-state index contributed by atoms with van der Waals surface area (Å²) in [5, 5.41) is 9.28. The Morgan fingerprint density at radius 2 is 1.74 bits per heavy atom. The number of hydrogen-bond acceptors (Lipinski definition) is 4. The highest BCUT2D eigenvalue weighted by atomic mass is 16.3. The van der Waals surface area contributed by atoms with E-state index in [0.29, 0.717) is 11.2 Å². The number of benzene rings is 1. The van der Waals surface area contributed by atoms with Crippen LogP contribution in [0.15, 0.2) is 47.1 Å². The van der Waals surface area contributed by atoms with E-state index >= 15 is 0 Å². The van der Waals surface area contributed by atoms with E-state index in [-0.39, 0.29) is 5.91 Å². The molecule has 3 heterocycles. The van der Waals surface area contributed by atoms with Crippen LogP contribution in [0.1, 0.15) is 47.4 Å². The number of piperidine rings is 2. The zero-order valence-corrected chi connectivity index (χ0v) is 15.6. The van der Waals surface area contributed by atoms with Crippen molar-refractivity contribution in [2.24, 2.45) is 5.41 Å². The first-order valence-corrected chi connectivity index (χ1v) is 9.72. The molecule has 1 aromatic carbocycles. The van der Waals surface area contributed by atoms with Crippen LogP contribution in [-0.4, -0.2) is 41.9 Å². The Labute approximate surface area is 160 Å². The van der Waals surface area contributed by atoms with Gasteiger partial charge in [0.05, 0.1) is 17.9 Å². The number of nitrogens with zero attached hydrogens (tertiary/aromatic N) is 3. The second kappa shape index (κ2) is 7.58. The van der Waals surface area contributed by atoms with Gasteiger partial charge in [-0.05, 0) is 68.0 Å². The van der Waals surface area contributed by atoms with E-state index in [9.17, 15) is 10.1 Å². The Balaban J connectivity index is 1.31. The van der Waals surface area contributed by atoms with Gasteiger partial charge in [0.1, 0.15) is 0 Å². The lowest BCUT2D eigenvalue weighted by molar-refractivity contribution is 0.0270. The number of nitriles is 1. The van der Waals surface area contributed by atoms with Gasteiger partial charge in [-0.2, -0.15) is 5.26 Å². The molecule has 0 atom stereocenters. The van der Waals surface area contributed by atoms with Crippen LogP contribution in [0.2, 0.25) is 0 Å². The maximum Gasteiger partial charge on any atom is 0.289 e. The Kier molecular flexibility index (Phi) is 5.00. The van der Waals surface area contributed by atoms with Crippen LogP contribution in [0.5, 0.6) is 0 Å². The number of hydrogen-bond donors (Lipinski definition) is 0. The lowest BCUT2D eigenvalue weighted by Gasteiger charge is -2.46. The normalized spacial score (nSPS) is 19.7. The third-order valence-corrected chi connectivity index (χ3v) is 6.29. The van der Waals surface area contributed by atoms with Gasteiger partial charge >= 0.3 is 0 Å². The fourth-order valence-corrected chi connectivity index (χ4v) is 4.43. The third kappa shape index (κ3) is 3.77. The number of amides is 1. The molecule has 0 aliphatic carbocycles. The smallest absolute Gasteiger partial charge is 0.289 e. The number of rotatable bonds is 3. The van der Waals surface area contributed by atoms with E-state index in [4.69, 9.17) is 4.42 Å². The van der Waals surface area contributed by atoms with Crippen LogP contribution >= 0.6 is 0 Å². The van der Waals surface area contributed by atoms with Crippen molar-refractivity contribution < 1.29 is 9.21 Å². The first-order chi connectivity index (χ1) is 13.2. The second-order valence-electron chi connectivity index (χ2n) is 7.81. The number of carbonyl (C=O) groups is 1. The Hall–Kier alpha value is -2.58. The SMILES string of the molecule is N#Cc1ccccc1CN1CCC2(CC1)CCN(C(=O)c1ccco1)CC2. The van der Waals surface area contributed by atoms with Crippen molar-refractivity contribution in [2.45, 2.75) is 32.2 Å². The van der Waals surface area contributed by atoms with Crippen molar-refractivity contribution in [1.82, 2.24) is 9.80 Å². The van der Waals surface area contributed by atoms with Crippen LogP contribution in [0.25, 0.3) is 0 Å². The van der Waals surface area contributed by atoms with E-state index in [1.807, 2.05) is 23.1 Å². The zero-order chi connectivity index (χ0) is 18.7. The van der Waals surface area contributed by atoms with E-state index in [0.717, 1.165) is 56.7 Å². The minimum absolute atomic E-state index is 0.0143. The first kappa shape index (κ1) is 17.8. The molecule has 0 radical (unpaired) electrons. The summed E-state index contributed by atoms with van der Waals surface area (Å²) >= 11 is 0. The van der Waals surface area contributed by atoms with E-state index in [1.165, 1.54) is 12.8 Å². The minimum atomic E-state index is 0.0143. The highest BCUT2D eigenvalue weighted by Crippen LogP contribution is 2.41. The minimum Gasteiger partial charge on any atom is -0.459 e. The van der Waals surface area contributed by atoms with Crippen LogP contribution in [0.3, 0.4) is 0 Å². The molecule has 5 nitrogen and oxygen atoms in total. The van der Waals surface area contributed by atoms with Gasteiger partial charge in [-0.25, -0.2) is 0 Å². The molecule has 0 N–H and O–H groups in total. The van der Waals surface area contributed by atoms with Gasteiger partial charge < -0.3 is 9.32 Å². The van der Waals surface area contributed by atoms with Gasteiger partial charge in [0.2, 0.25) is 0 Å². The first-order valence-electron chi connectivity index (χ1n) is 9.72. The monoisotopic (exact) mass is 363 g/mol. The molecule has 1 spiro atoms. The summed E-state index contributed by atoms with van der Waals surface area (Å²) in [4.78, 5) is 16.8. The number of likely N-dealkylation sites (tertiary alicyclic amines) is 2. The number of carbonyl (C=O) groups excluding carboxylic acids is 1. The molecule has 2 aliphatic rings. The largest absolute Gasteiger partial charge is 0.459 e. The molecule has 5 heteroatoms. The molecule has 0 unspecified atom stereocenters. The molecule has 2 fully saturated rings. The topological polar surface area (TPSA) is 60.5 Å². The molecule has 2 aliphatic heterocycles. The van der Waals surface area contributed by atoms with Crippen LogP contribution in [0.4, 0.5) is 0 Å². The van der Waals surface area contributed by atoms with Crippen molar-refractivity contribution in [2.75, 3.05) is 26.2 Å². The fraction of sp³-hybridized carbons (Fsp3) is 0.455. The summed E-state index contributed by atoms with van der Waals surface area (Å²) < 4.78 is 5.25. The molecule has 1 aromatic heterocycles. The maximum absolute atomic E-state index is 12.4. The molecular formula is C22H25N3O2. The summed E-state index contributed by atoms with van der Waals surface area (Å²) in [6.07, 6.45) is 6.04. The van der Waals surface area contributed by atoms with Crippen LogP contribution in [-0.2, 0) is 6.54 Å². The predicted octanol–water partition coefficient (Wildman–Crippen LogP) is 3.67. The summed E-state index contributed by atoms with van der Waals surface area (Å²) in [5.74, 6) is 0.456. The van der Waals surface area contributed by atoms with Crippen molar-refractivity contribution >= 4 is 5.91 Å². The van der Waals surface area contributed by atoms with Gasteiger partial charge in [-0.15, -0.1) is 0 Å². The van der Waals surface area contributed by atoms with E-state index in [2.05, 4.69) is 17.0 Å². The van der Waals surface area contributed by atoms with Gasteiger partial charge in [0.15, 0.2) is 5.76 Å². The van der Waals surface area contributed by atoms with Crippen molar-refractivity contribution in [1.29, 1.82) is 5.26 Å². The summed E-state index contributed by atoms with van der Waals surface area (Å²) in [6.45, 7) is 4.61.